The molecule has 6 nitrogen and oxygen atoms in total. The highest BCUT2D eigenvalue weighted by Crippen LogP contribution is 2.18. The number of aromatic amines is 2. The Balaban J connectivity index is 1.34. The van der Waals surface area contributed by atoms with Gasteiger partial charge in [0, 0.05) is 34.5 Å². The SMILES string of the molecule is CC[C@@H](NC(=O)c1cc2ccccc2[nH]1)C(=O)NCCc1c[nH]c2ccccc12. The molecule has 2 aromatic carbocycles. The summed E-state index contributed by atoms with van der Waals surface area (Å²) in [5, 5.41) is 7.90. The van der Waals surface area contributed by atoms with Gasteiger partial charge in [0.05, 0.1) is 0 Å². The minimum absolute atomic E-state index is 0.170. The molecule has 0 radical (unpaired) electrons. The molecule has 4 aromatic rings. The maximum Gasteiger partial charge on any atom is 0.268 e. The number of carbonyl (C=O) groups is 2. The van der Waals surface area contributed by atoms with Crippen molar-refractivity contribution in [3.8, 4) is 0 Å². The largest absolute Gasteiger partial charge is 0.361 e. The summed E-state index contributed by atoms with van der Waals surface area (Å²) in [7, 11) is 0. The molecule has 0 saturated carbocycles. The Bertz CT molecular complexity index is 1120. The summed E-state index contributed by atoms with van der Waals surface area (Å²) in [6.07, 6.45) is 3.22. The quantitative estimate of drug-likeness (QED) is 0.390. The third-order valence-corrected chi connectivity index (χ3v) is 5.17. The van der Waals surface area contributed by atoms with Gasteiger partial charge in [-0.15, -0.1) is 0 Å². The van der Waals surface area contributed by atoms with Crippen LogP contribution in [0.2, 0.25) is 0 Å². The molecule has 2 aromatic heterocycles. The Kier molecular flexibility index (Phi) is 5.33. The predicted octanol–water partition coefficient (Wildman–Crippen LogP) is 3.52. The molecule has 2 heterocycles. The molecule has 4 N–H and O–H groups in total. The summed E-state index contributed by atoms with van der Waals surface area (Å²) in [6.45, 7) is 2.40. The van der Waals surface area contributed by atoms with Crippen molar-refractivity contribution in [1.82, 2.24) is 20.6 Å². The number of para-hydroxylation sites is 2. The lowest BCUT2D eigenvalue weighted by molar-refractivity contribution is -0.123. The van der Waals surface area contributed by atoms with Crippen LogP contribution >= 0.6 is 0 Å². The average molecular weight is 388 g/mol. The maximum absolute atomic E-state index is 12.6. The Morgan fingerprint density at radius 1 is 1.03 bits per heavy atom. The fourth-order valence-electron chi connectivity index (χ4n) is 3.57. The van der Waals surface area contributed by atoms with Gasteiger partial charge < -0.3 is 20.6 Å². The fourth-order valence-corrected chi connectivity index (χ4v) is 3.57. The molecule has 1 atom stereocenters. The first-order valence-electron chi connectivity index (χ1n) is 9.87. The van der Waals surface area contributed by atoms with Crippen LogP contribution in [0.5, 0.6) is 0 Å². The van der Waals surface area contributed by atoms with Crippen molar-refractivity contribution >= 4 is 33.6 Å². The Labute approximate surface area is 168 Å². The number of hydrogen-bond donors (Lipinski definition) is 4. The van der Waals surface area contributed by atoms with Crippen LogP contribution in [0.25, 0.3) is 21.8 Å². The topological polar surface area (TPSA) is 89.8 Å². The van der Waals surface area contributed by atoms with Gasteiger partial charge in [0.25, 0.3) is 5.91 Å². The zero-order chi connectivity index (χ0) is 20.2. The molecule has 0 spiro atoms. The van der Waals surface area contributed by atoms with E-state index in [1.807, 2.05) is 55.6 Å². The van der Waals surface area contributed by atoms with E-state index in [0.29, 0.717) is 18.7 Å². The molecule has 0 aliphatic rings. The standard InChI is InChI=1S/C23H24N4O2/c1-2-18(27-23(29)21-13-15-7-3-5-9-19(15)26-21)22(28)24-12-11-16-14-25-20-10-6-4-8-17(16)20/h3-10,13-14,18,25-26H,2,11-12H2,1H3,(H,24,28)(H,27,29)/t18-/m1/s1. The molecule has 0 unspecified atom stereocenters. The second-order valence-electron chi connectivity index (χ2n) is 7.11. The highest BCUT2D eigenvalue weighted by Gasteiger charge is 2.20. The van der Waals surface area contributed by atoms with Crippen LogP contribution in [0.1, 0.15) is 29.4 Å². The molecule has 0 fully saturated rings. The number of rotatable bonds is 7. The van der Waals surface area contributed by atoms with Crippen LogP contribution in [0.4, 0.5) is 0 Å². The monoisotopic (exact) mass is 388 g/mol. The van der Waals surface area contributed by atoms with Crippen molar-refractivity contribution < 1.29 is 9.59 Å². The minimum atomic E-state index is -0.572. The highest BCUT2D eigenvalue weighted by molar-refractivity contribution is 6.00. The van der Waals surface area contributed by atoms with Crippen molar-refractivity contribution in [3.05, 3.63) is 72.1 Å². The molecule has 0 aliphatic heterocycles. The first-order valence-corrected chi connectivity index (χ1v) is 9.87. The molecule has 148 valence electrons. The smallest absolute Gasteiger partial charge is 0.268 e. The molecule has 4 rings (SSSR count). The van der Waals surface area contributed by atoms with E-state index in [1.165, 1.54) is 5.39 Å². The number of amides is 2. The van der Waals surface area contributed by atoms with Crippen molar-refractivity contribution in [2.75, 3.05) is 6.54 Å². The van der Waals surface area contributed by atoms with Crippen LogP contribution in [0.3, 0.4) is 0 Å². The first-order chi connectivity index (χ1) is 14.2. The summed E-state index contributed by atoms with van der Waals surface area (Å²) >= 11 is 0. The lowest BCUT2D eigenvalue weighted by Gasteiger charge is -2.16. The van der Waals surface area contributed by atoms with Gasteiger partial charge in [0.1, 0.15) is 11.7 Å². The summed E-state index contributed by atoms with van der Waals surface area (Å²) in [6, 6.07) is 17.0. The van der Waals surface area contributed by atoms with E-state index >= 15 is 0 Å². The number of H-pyrrole nitrogens is 2. The van der Waals surface area contributed by atoms with Crippen LogP contribution in [-0.4, -0.2) is 34.4 Å². The molecule has 0 aliphatic carbocycles. The van der Waals surface area contributed by atoms with Crippen molar-refractivity contribution in [2.45, 2.75) is 25.8 Å². The van der Waals surface area contributed by atoms with Crippen LogP contribution < -0.4 is 10.6 Å². The number of benzene rings is 2. The molecular weight excluding hydrogens is 364 g/mol. The predicted molar refractivity (Wildman–Crippen MR) is 115 cm³/mol. The fraction of sp³-hybridized carbons (Fsp3) is 0.217. The highest BCUT2D eigenvalue weighted by atomic mass is 16.2. The Hall–Kier alpha value is -3.54. The lowest BCUT2D eigenvalue weighted by atomic mass is 10.1. The number of carbonyl (C=O) groups excluding carboxylic acids is 2. The number of nitrogens with one attached hydrogen (secondary N) is 4. The summed E-state index contributed by atoms with van der Waals surface area (Å²) < 4.78 is 0. The van der Waals surface area contributed by atoms with E-state index in [0.717, 1.165) is 28.4 Å². The van der Waals surface area contributed by atoms with Crippen LogP contribution in [-0.2, 0) is 11.2 Å². The van der Waals surface area contributed by atoms with Gasteiger partial charge in [-0.25, -0.2) is 0 Å². The average Bonchev–Trinajstić information content (AvgIpc) is 3.36. The molecular formula is C23H24N4O2. The van der Waals surface area contributed by atoms with Gasteiger partial charge in [-0.2, -0.15) is 0 Å². The molecule has 2 amide bonds. The van der Waals surface area contributed by atoms with Crippen LogP contribution in [0, 0.1) is 0 Å². The minimum Gasteiger partial charge on any atom is -0.361 e. The van der Waals surface area contributed by atoms with Crippen molar-refractivity contribution in [3.63, 3.8) is 0 Å². The molecule has 0 saturated heterocycles. The molecule has 29 heavy (non-hydrogen) atoms. The molecule has 6 heteroatoms. The number of aromatic nitrogens is 2. The summed E-state index contributed by atoms with van der Waals surface area (Å²) in [5.41, 5.74) is 3.60. The Morgan fingerprint density at radius 2 is 1.79 bits per heavy atom. The van der Waals surface area contributed by atoms with E-state index in [9.17, 15) is 9.59 Å². The van der Waals surface area contributed by atoms with E-state index in [1.54, 1.807) is 6.07 Å². The third-order valence-electron chi connectivity index (χ3n) is 5.17. The van der Waals surface area contributed by atoms with Gasteiger partial charge in [-0.3, -0.25) is 9.59 Å². The van der Waals surface area contributed by atoms with Crippen molar-refractivity contribution in [2.24, 2.45) is 0 Å². The normalized spacial score (nSPS) is 12.2. The third kappa shape index (κ3) is 4.01. The van der Waals surface area contributed by atoms with E-state index < -0.39 is 6.04 Å². The zero-order valence-corrected chi connectivity index (χ0v) is 16.3. The van der Waals surface area contributed by atoms with Crippen LogP contribution in [0.15, 0.2) is 60.8 Å². The van der Waals surface area contributed by atoms with Gasteiger partial charge in [0.2, 0.25) is 5.91 Å². The second-order valence-corrected chi connectivity index (χ2v) is 7.11. The van der Waals surface area contributed by atoms with Gasteiger partial charge in [-0.1, -0.05) is 43.3 Å². The number of fused-ring (bicyclic) bond motifs is 2. The Morgan fingerprint density at radius 3 is 2.59 bits per heavy atom. The van der Waals surface area contributed by atoms with Crippen molar-refractivity contribution in [1.29, 1.82) is 0 Å². The van der Waals surface area contributed by atoms with E-state index in [2.05, 4.69) is 26.7 Å². The lowest BCUT2D eigenvalue weighted by Crippen LogP contribution is -2.46. The molecule has 0 bridgehead atoms. The zero-order valence-electron chi connectivity index (χ0n) is 16.3. The summed E-state index contributed by atoms with van der Waals surface area (Å²) in [5.74, 6) is -0.448. The van der Waals surface area contributed by atoms with E-state index in [-0.39, 0.29) is 11.8 Å². The maximum atomic E-state index is 12.6. The van der Waals surface area contributed by atoms with Gasteiger partial charge in [0.15, 0.2) is 0 Å². The van der Waals surface area contributed by atoms with Gasteiger partial charge in [-0.05, 0) is 36.6 Å². The second kappa shape index (κ2) is 8.22. The number of hydrogen-bond acceptors (Lipinski definition) is 2. The van der Waals surface area contributed by atoms with E-state index in [4.69, 9.17) is 0 Å². The van der Waals surface area contributed by atoms with Gasteiger partial charge >= 0.3 is 0 Å². The first kappa shape index (κ1) is 18.8. The summed E-state index contributed by atoms with van der Waals surface area (Å²) in [4.78, 5) is 31.5.